The van der Waals surface area contributed by atoms with E-state index in [0.29, 0.717) is 31.9 Å². The Morgan fingerprint density at radius 2 is 1.95 bits per heavy atom. The molecule has 0 saturated heterocycles. The maximum Gasteiger partial charge on any atom is 0.223 e. The molecule has 0 aromatic rings. The van der Waals surface area contributed by atoms with Crippen molar-refractivity contribution < 1.29 is 13.2 Å². The number of nitrogens with one attached hydrogen (secondary N) is 2. The van der Waals surface area contributed by atoms with E-state index in [0.717, 1.165) is 0 Å². The van der Waals surface area contributed by atoms with Crippen LogP contribution in [0, 0.1) is 0 Å². The number of carbonyl (C=O) groups is 1. The zero-order valence-corrected chi connectivity index (χ0v) is 14.5. The summed E-state index contributed by atoms with van der Waals surface area (Å²) in [7, 11) is 0.467. The van der Waals surface area contributed by atoms with Gasteiger partial charge in [0.1, 0.15) is 9.84 Å². The standard InChI is InChI=1S/C13H28N4O3S/c1-6-14-13(15-9-7-12(18)17(3)4)16-11(2)8-10-21(5,19)20/h11H,6-10H2,1-5H3,(H2,14,15,16). The highest BCUT2D eigenvalue weighted by molar-refractivity contribution is 7.90. The molecule has 2 N–H and O–H groups in total. The highest BCUT2D eigenvalue weighted by Gasteiger charge is 2.09. The van der Waals surface area contributed by atoms with Crippen LogP contribution in [-0.4, -0.2) is 70.4 Å². The SMILES string of the molecule is CCNC(=NCCC(=O)N(C)C)NC(C)CCS(C)(=O)=O. The van der Waals surface area contributed by atoms with E-state index in [-0.39, 0.29) is 17.7 Å². The van der Waals surface area contributed by atoms with Gasteiger partial charge < -0.3 is 15.5 Å². The summed E-state index contributed by atoms with van der Waals surface area (Å²) in [5.74, 6) is 0.768. The molecule has 1 amide bonds. The number of guanidine groups is 1. The molecule has 0 radical (unpaired) electrons. The third kappa shape index (κ3) is 11.1. The molecule has 124 valence electrons. The van der Waals surface area contributed by atoms with Crippen LogP contribution < -0.4 is 10.6 Å². The summed E-state index contributed by atoms with van der Waals surface area (Å²) in [5.41, 5.74) is 0. The third-order valence-electron chi connectivity index (χ3n) is 2.74. The highest BCUT2D eigenvalue weighted by atomic mass is 32.2. The van der Waals surface area contributed by atoms with Gasteiger partial charge in [-0.1, -0.05) is 0 Å². The van der Waals surface area contributed by atoms with Crippen molar-refractivity contribution in [1.29, 1.82) is 0 Å². The lowest BCUT2D eigenvalue weighted by Crippen LogP contribution is -2.43. The van der Waals surface area contributed by atoms with E-state index in [2.05, 4.69) is 15.6 Å². The largest absolute Gasteiger partial charge is 0.357 e. The fourth-order valence-electron chi connectivity index (χ4n) is 1.50. The number of aliphatic imine (C=N–C) groups is 1. The molecule has 0 saturated carbocycles. The van der Waals surface area contributed by atoms with E-state index >= 15 is 0 Å². The Morgan fingerprint density at radius 3 is 2.43 bits per heavy atom. The lowest BCUT2D eigenvalue weighted by Gasteiger charge is -2.17. The fourth-order valence-corrected chi connectivity index (χ4v) is 2.29. The number of carbonyl (C=O) groups excluding carboxylic acids is 1. The Hall–Kier alpha value is -1.31. The predicted octanol–water partition coefficient (Wildman–Crippen LogP) is -0.157. The van der Waals surface area contributed by atoms with Gasteiger partial charge >= 0.3 is 0 Å². The molecule has 0 rings (SSSR count). The van der Waals surface area contributed by atoms with Crippen LogP contribution in [0.25, 0.3) is 0 Å². The Balaban J connectivity index is 4.36. The predicted molar refractivity (Wildman–Crippen MR) is 86.2 cm³/mol. The minimum atomic E-state index is -2.96. The number of amides is 1. The molecular formula is C13H28N4O3S. The first kappa shape index (κ1) is 19.7. The highest BCUT2D eigenvalue weighted by Crippen LogP contribution is 1.96. The number of sulfone groups is 1. The first-order valence-corrected chi connectivity index (χ1v) is 9.14. The first-order chi connectivity index (χ1) is 9.65. The van der Waals surface area contributed by atoms with Gasteiger partial charge in [0.25, 0.3) is 0 Å². The maximum atomic E-state index is 11.5. The number of hydrogen-bond donors (Lipinski definition) is 2. The Labute approximate surface area is 128 Å². The number of hydrogen-bond acceptors (Lipinski definition) is 4. The molecule has 0 aliphatic rings. The van der Waals surface area contributed by atoms with Crippen LogP contribution in [0.1, 0.15) is 26.7 Å². The molecule has 0 fully saturated rings. The van der Waals surface area contributed by atoms with Crippen molar-refractivity contribution in [3.05, 3.63) is 0 Å². The monoisotopic (exact) mass is 320 g/mol. The topological polar surface area (TPSA) is 90.9 Å². The molecule has 0 aliphatic heterocycles. The van der Waals surface area contributed by atoms with Crippen LogP contribution in [0.3, 0.4) is 0 Å². The minimum Gasteiger partial charge on any atom is -0.357 e. The number of nitrogens with zero attached hydrogens (tertiary/aromatic N) is 2. The third-order valence-corrected chi connectivity index (χ3v) is 3.72. The number of rotatable bonds is 8. The van der Waals surface area contributed by atoms with Crippen LogP contribution in [0.4, 0.5) is 0 Å². The molecule has 0 aromatic carbocycles. The smallest absolute Gasteiger partial charge is 0.223 e. The molecular weight excluding hydrogens is 292 g/mol. The minimum absolute atomic E-state index is 0.0120. The summed E-state index contributed by atoms with van der Waals surface area (Å²) in [6, 6.07) is -0.0120. The van der Waals surface area contributed by atoms with Gasteiger partial charge in [0.2, 0.25) is 5.91 Å². The normalized spacial score (nSPS) is 13.7. The van der Waals surface area contributed by atoms with E-state index in [1.54, 1.807) is 14.1 Å². The lowest BCUT2D eigenvalue weighted by molar-refractivity contribution is -0.128. The summed E-state index contributed by atoms with van der Waals surface area (Å²) in [4.78, 5) is 17.3. The Morgan fingerprint density at radius 1 is 1.33 bits per heavy atom. The quantitative estimate of drug-likeness (QED) is 0.479. The second-order valence-corrected chi connectivity index (χ2v) is 7.52. The van der Waals surface area contributed by atoms with Crippen LogP contribution in [0.15, 0.2) is 4.99 Å². The summed E-state index contributed by atoms with van der Waals surface area (Å²) >= 11 is 0. The molecule has 0 aliphatic carbocycles. The second kappa shape index (κ2) is 9.59. The zero-order chi connectivity index (χ0) is 16.5. The van der Waals surface area contributed by atoms with Gasteiger partial charge in [0.05, 0.1) is 12.3 Å². The van der Waals surface area contributed by atoms with Crippen LogP contribution >= 0.6 is 0 Å². The molecule has 7 nitrogen and oxygen atoms in total. The zero-order valence-electron chi connectivity index (χ0n) is 13.6. The van der Waals surface area contributed by atoms with Crippen molar-refractivity contribution in [3.8, 4) is 0 Å². The van der Waals surface area contributed by atoms with E-state index in [4.69, 9.17) is 0 Å². The van der Waals surface area contributed by atoms with E-state index in [9.17, 15) is 13.2 Å². The van der Waals surface area contributed by atoms with Gasteiger partial charge in [0.15, 0.2) is 5.96 Å². The van der Waals surface area contributed by atoms with Gasteiger partial charge in [-0.2, -0.15) is 0 Å². The van der Waals surface area contributed by atoms with Gasteiger partial charge in [-0.25, -0.2) is 8.42 Å². The Bertz CT molecular complexity index is 446. The average molecular weight is 320 g/mol. The molecule has 0 spiro atoms. The van der Waals surface area contributed by atoms with E-state index in [1.165, 1.54) is 11.2 Å². The van der Waals surface area contributed by atoms with Crippen molar-refractivity contribution >= 4 is 21.7 Å². The van der Waals surface area contributed by atoms with Gasteiger partial charge in [-0.05, 0) is 20.3 Å². The second-order valence-electron chi connectivity index (χ2n) is 5.26. The van der Waals surface area contributed by atoms with Crippen LogP contribution in [0.2, 0.25) is 0 Å². The summed E-state index contributed by atoms with van der Waals surface area (Å²) in [5, 5.41) is 6.22. The molecule has 8 heteroatoms. The molecule has 1 unspecified atom stereocenters. The Kier molecular flexibility index (Phi) is 9.00. The van der Waals surface area contributed by atoms with Crippen molar-refractivity contribution in [2.24, 2.45) is 4.99 Å². The lowest BCUT2D eigenvalue weighted by atomic mass is 10.3. The fraction of sp³-hybridized carbons (Fsp3) is 0.846. The average Bonchev–Trinajstić information content (AvgIpc) is 2.35. The molecule has 0 bridgehead atoms. The van der Waals surface area contributed by atoms with Crippen molar-refractivity contribution in [1.82, 2.24) is 15.5 Å². The summed E-state index contributed by atoms with van der Waals surface area (Å²) < 4.78 is 22.3. The van der Waals surface area contributed by atoms with Crippen LogP contribution in [-0.2, 0) is 14.6 Å². The van der Waals surface area contributed by atoms with Crippen LogP contribution in [0.5, 0.6) is 0 Å². The molecule has 0 aromatic heterocycles. The van der Waals surface area contributed by atoms with E-state index in [1.807, 2.05) is 13.8 Å². The van der Waals surface area contributed by atoms with E-state index < -0.39 is 9.84 Å². The van der Waals surface area contributed by atoms with Crippen molar-refractivity contribution in [2.75, 3.05) is 39.2 Å². The van der Waals surface area contributed by atoms with Gasteiger partial charge in [-0.3, -0.25) is 9.79 Å². The maximum absolute atomic E-state index is 11.5. The van der Waals surface area contributed by atoms with Gasteiger partial charge in [-0.15, -0.1) is 0 Å². The summed E-state index contributed by atoms with van der Waals surface area (Å²) in [6.07, 6.45) is 2.09. The molecule has 1 atom stereocenters. The van der Waals surface area contributed by atoms with Crippen molar-refractivity contribution in [3.63, 3.8) is 0 Å². The van der Waals surface area contributed by atoms with Gasteiger partial charge in [0, 0.05) is 39.4 Å². The van der Waals surface area contributed by atoms with Crippen molar-refractivity contribution in [2.45, 2.75) is 32.7 Å². The molecule has 21 heavy (non-hydrogen) atoms. The first-order valence-electron chi connectivity index (χ1n) is 7.08. The summed E-state index contributed by atoms with van der Waals surface area (Å²) in [6.45, 7) is 4.95. The molecule has 0 heterocycles.